The van der Waals surface area contributed by atoms with Gasteiger partial charge in [0.25, 0.3) is 11.8 Å². The summed E-state index contributed by atoms with van der Waals surface area (Å²) in [6.07, 6.45) is 2.67. The Balaban J connectivity index is 1.54. The molecule has 31 heavy (non-hydrogen) atoms. The number of unbranched alkanes of at least 4 members (excludes halogenated alkanes) is 1. The van der Waals surface area contributed by atoms with E-state index >= 15 is 0 Å². The van der Waals surface area contributed by atoms with E-state index < -0.39 is 0 Å². The molecule has 1 N–H and O–H groups in total. The molecule has 2 aliphatic heterocycles. The highest BCUT2D eigenvalue weighted by Crippen LogP contribution is 2.36. The third kappa shape index (κ3) is 4.56. The lowest BCUT2D eigenvalue weighted by atomic mass is 10.0. The van der Waals surface area contributed by atoms with Gasteiger partial charge in [-0.15, -0.1) is 0 Å². The average Bonchev–Trinajstić information content (AvgIpc) is 3.34. The Hall–Kier alpha value is -3.32. The molecule has 0 spiro atoms. The predicted octanol–water partition coefficient (Wildman–Crippen LogP) is 3.81. The Morgan fingerprint density at radius 2 is 1.74 bits per heavy atom. The number of nitrogens with one attached hydrogen (secondary N) is 1. The van der Waals surface area contributed by atoms with Crippen molar-refractivity contribution in [1.82, 2.24) is 4.90 Å². The van der Waals surface area contributed by atoms with E-state index in [2.05, 4.69) is 12.2 Å². The van der Waals surface area contributed by atoms with Crippen LogP contribution in [0.4, 0.5) is 5.69 Å². The number of ether oxygens (including phenoxy) is 3. The predicted molar refractivity (Wildman–Crippen MR) is 117 cm³/mol. The molecule has 0 unspecified atom stereocenters. The molecule has 2 amide bonds. The fourth-order valence-electron chi connectivity index (χ4n) is 3.56. The number of rotatable bonds is 10. The molecule has 0 bridgehead atoms. The van der Waals surface area contributed by atoms with E-state index in [-0.39, 0.29) is 24.3 Å². The quantitative estimate of drug-likeness (QED) is 0.463. The maximum atomic E-state index is 13.2. The molecular weight excluding hydrogens is 396 g/mol. The van der Waals surface area contributed by atoms with Crippen LogP contribution in [0.3, 0.4) is 0 Å². The third-order valence-corrected chi connectivity index (χ3v) is 5.19. The molecule has 7 nitrogen and oxygen atoms in total. The number of hydrogen-bond donors (Lipinski definition) is 1. The van der Waals surface area contributed by atoms with Crippen molar-refractivity contribution in [3.63, 3.8) is 0 Å². The van der Waals surface area contributed by atoms with Crippen LogP contribution in [0.15, 0.2) is 54.2 Å². The zero-order chi connectivity index (χ0) is 21.6. The number of anilines is 1. The molecule has 0 saturated heterocycles. The van der Waals surface area contributed by atoms with Crippen molar-refractivity contribution in [2.24, 2.45) is 0 Å². The number of carbonyl (C=O) groups is 2. The lowest BCUT2D eigenvalue weighted by molar-refractivity contribution is -0.137. The molecule has 0 atom stereocenters. The Bertz CT molecular complexity index is 987. The number of amides is 2. The number of nitrogens with zero attached hydrogens (tertiary/aromatic N) is 1. The van der Waals surface area contributed by atoms with Crippen molar-refractivity contribution >= 4 is 23.1 Å². The van der Waals surface area contributed by atoms with Gasteiger partial charge in [-0.25, -0.2) is 0 Å². The molecule has 0 saturated carbocycles. The number of imide groups is 1. The Kier molecular flexibility index (Phi) is 6.52. The van der Waals surface area contributed by atoms with Crippen molar-refractivity contribution in [2.45, 2.75) is 26.2 Å². The fourth-order valence-corrected chi connectivity index (χ4v) is 3.56. The van der Waals surface area contributed by atoms with Crippen LogP contribution in [-0.2, 0) is 14.3 Å². The summed E-state index contributed by atoms with van der Waals surface area (Å²) in [4.78, 5) is 27.7. The van der Waals surface area contributed by atoms with Crippen molar-refractivity contribution < 1.29 is 23.8 Å². The van der Waals surface area contributed by atoms with Gasteiger partial charge in [0.15, 0.2) is 11.5 Å². The highest BCUT2D eigenvalue weighted by Gasteiger charge is 2.38. The van der Waals surface area contributed by atoms with E-state index in [1.54, 1.807) is 18.2 Å². The van der Waals surface area contributed by atoms with Gasteiger partial charge >= 0.3 is 0 Å². The minimum atomic E-state index is -0.338. The maximum absolute atomic E-state index is 13.2. The second-order valence-electron chi connectivity index (χ2n) is 7.39. The minimum absolute atomic E-state index is 0.169. The first-order chi connectivity index (χ1) is 15.2. The van der Waals surface area contributed by atoms with Crippen molar-refractivity contribution in [1.29, 1.82) is 0 Å². The fraction of sp³-hybridized carbons (Fsp3) is 0.333. The first kappa shape index (κ1) is 20.9. The van der Waals surface area contributed by atoms with Crippen LogP contribution in [0.25, 0.3) is 5.57 Å². The number of fused-ring (bicyclic) bond motifs is 1. The number of benzene rings is 2. The highest BCUT2D eigenvalue weighted by atomic mass is 16.7. The lowest BCUT2D eigenvalue weighted by Gasteiger charge is -2.15. The summed E-state index contributed by atoms with van der Waals surface area (Å²) in [7, 11) is 0. The summed E-state index contributed by atoms with van der Waals surface area (Å²) < 4.78 is 16.3. The largest absolute Gasteiger partial charge is 0.454 e. The van der Waals surface area contributed by atoms with E-state index in [1.807, 2.05) is 30.3 Å². The molecular formula is C24H26N2O5. The van der Waals surface area contributed by atoms with Crippen LogP contribution >= 0.6 is 0 Å². The molecule has 0 radical (unpaired) electrons. The van der Waals surface area contributed by atoms with E-state index in [1.165, 1.54) is 4.90 Å². The number of carbonyl (C=O) groups excluding carboxylic acids is 2. The van der Waals surface area contributed by atoms with Gasteiger partial charge in [-0.2, -0.15) is 0 Å². The van der Waals surface area contributed by atoms with Crippen molar-refractivity contribution in [3.05, 3.63) is 59.8 Å². The molecule has 0 aromatic heterocycles. The Morgan fingerprint density at radius 1 is 0.968 bits per heavy atom. The minimum Gasteiger partial charge on any atom is -0.454 e. The summed E-state index contributed by atoms with van der Waals surface area (Å²) >= 11 is 0. The summed E-state index contributed by atoms with van der Waals surface area (Å²) in [5, 5.41) is 3.15. The van der Waals surface area contributed by atoms with Crippen LogP contribution in [-0.4, -0.2) is 43.3 Å². The van der Waals surface area contributed by atoms with E-state index in [9.17, 15) is 9.59 Å². The maximum Gasteiger partial charge on any atom is 0.278 e. The third-order valence-electron chi connectivity index (χ3n) is 5.19. The Morgan fingerprint density at radius 3 is 2.55 bits per heavy atom. The van der Waals surface area contributed by atoms with Gasteiger partial charge in [-0.1, -0.05) is 43.7 Å². The van der Waals surface area contributed by atoms with Gasteiger partial charge in [0.1, 0.15) is 5.70 Å². The molecule has 2 aromatic carbocycles. The van der Waals surface area contributed by atoms with Crippen LogP contribution in [0, 0.1) is 0 Å². The van der Waals surface area contributed by atoms with E-state index in [0.29, 0.717) is 54.5 Å². The highest BCUT2D eigenvalue weighted by molar-refractivity contribution is 6.36. The molecule has 2 heterocycles. The standard InChI is InChI=1S/C24H26N2O5/c1-2-3-13-29-14-7-12-26-23(27)21(17-8-5-4-6-9-17)22(24(26)28)25-18-10-11-19-20(15-18)31-16-30-19/h4-6,8-11,15,25H,2-3,7,12-14,16H2,1H3. The molecule has 2 aliphatic rings. The summed E-state index contributed by atoms with van der Waals surface area (Å²) in [5.74, 6) is 0.620. The summed E-state index contributed by atoms with van der Waals surface area (Å²) in [6, 6.07) is 14.6. The van der Waals surface area contributed by atoms with Crippen LogP contribution in [0.1, 0.15) is 31.7 Å². The smallest absolute Gasteiger partial charge is 0.278 e. The average molecular weight is 422 g/mol. The van der Waals surface area contributed by atoms with Gasteiger partial charge in [0.2, 0.25) is 6.79 Å². The summed E-state index contributed by atoms with van der Waals surface area (Å²) in [6.45, 7) is 3.80. The Labute approximate surface area is 181 Å². The topological polar surface area (TPSA) is 77.1 Å². The molecule has 162 valence electrons. The molecule has 2 aromatic rings. The monoisotopic (exact) mass is 422 g/mol. The van der Waals surface area contributed by atoms with Gasteiger partial charge in [0.05, 0.1) is 5.57 Å². The van der Waals surface area contributed by atoms with Gasteiger partial charge < -0.3 is 19.5 Å². The van der Waals surface area contributed by atoms with E-state index in [0.717, 1.165) is 12.8 Å². The van der Waals surface area contributed by atoms with Crippen LogP contribution in [0.5, 0.6) is 11.5 Å². The first-order valence-electron chi connectivity index (χ1n) is 10.6. The second-order valence-corrected chi connectivity index (χ2v) is 7.39. The van der Waals surface area contributed by atoms with Crippen molar-refractivity contribution in [3.8, 4) is 11.5 Å². The normalized spacial score (nSPS) is 15.2. The van der Waals surface area contributed by atoms with Crippen molar-refractivity contribution in [2.75, 3.05) is 31.9 Å². The van der Waals surface area contributed by atoms with E-state index in [4.69, 9.17) is 14.2 Å². The molecule has 7 heteroatoms. The van der Waals surface area contributed by atoms with Gasteiger partial charge in [-0.05, 0) is 30.5 Å². The SMILES string of the molecule is CCCCOCCCN1C(=O)C(Nc2ccc3c(c2)OCO3)=C(c2ccccc2)C1=O. The molecule has 4 rings (SSSR count). The molecule has 0 fully saturated rings. The summed E-state index contributed by atoms with van der Waals surface area (Å²) in [5.41, 5.74) is 1.99. The second kappa shape index (κ2) is 9.66. The molecule has 0 aliphatic carbocycles. The zero-order valence-corrected chi connectivity index (χ0v) is 17.6. The number of hydrogen-bond acceptors (Lipinski definition) is 6. The lowest BCUT2D eigenvalue weighted by Crippen LogP contribution is -2.34. The first-order valence-corrected chi connectivity index (χ1v) is 10.6. The van der Waals surface area contributed by atoms with Gasteiger partial charge in [0, 0.05) is 31.5 Å². The van der Waals surface area contributed by atoms with Crippen LogP contribution in [0.2, 0.25) is 0 Å². The van der Waals surface area contributed by atoms with Gasteiger partial charge in [-0.3, -0.25) is 14.5 Å². The zero-order valence-electron chi connectivity index (χ0n) is 17.6. The van der Waals surface area contributed by atoms with Crippen LogP contribution < -0.4 is 14.8 Å².